The summed E-state index contributed by atoms with van der Waals surface area (Å²) in [6.45, 7) is 4.21. The van der Waals surface area contributed by atoms with Gasteiger partial charge in [-0.05, 0) is 35.7 Å². The van der Waals surface area contributed by atoms with E-state index in [0.717, 1.165) is 0 Å². The Morgan fingerprint density at radius 3 is 2.23 bits per heavy atom. The van der Waals surface area contributed by atoms with E-state index in [9.17, 15) is 10.1 Å². The molecule has 2 heterocycles. The first-order valence-electron chi connectivity index (χ1n) is 8.09. The number of aromatic nitrogens is 3. The van der Waals surface area contributed by atoms with E-state index in [0.29, 0.717) is 17.4 Å². The molecule has 2 aromatic heterocycles. The lowest BCUT2D eigenvalue weighted by Crippen LogP contribution is -2.06. The van der Waals surface area contributed by atoms with E-state index in [4.69, 9.17) is 0 Å². The van der Waals surface area contributed by atoms with Crippen molar-refractivity contribution in [2.75, 3.05) is 10.6 Å². The molecule has 0 amide bonds. The Morgan fingerprint density at radius 1 is 0.962 bits per heavy atom. The molecule has 3 rings (SSSR count). The molecular weight excluding hydrogens is 332 g/mol. The molecule has 1 aromatic carbocycles. The molecule has 0 bridgehead atoms. The van der Waals surface area contributed by atoms with Crippen LogP contribution in [-0.4, -0.2) is 19.9 Å². The number of nitrogens with one attached hydrogen (secondary N) is 2. The number of hydrogen-bond acceptors (Lipinski definition) is 7. The Labute approximate surface area is 150 Å². The summed E-state index contributed by atoms with van der Waals surface area (Å²) in [6.07, 6.45) is 2.86. The minimum absolute atomic E-state index is 0.0741. The fourth-order valence-corrected chi connectivity index (χ4v) is 2.38. The minimum Gasteiger partial charge on any atom is -0.334 e. The van der Waals surface area contributed by atoms with Crippen molar-refractivity contribution in [2.45, 2.75) is 19.8 Å². The highest BCUT2D eigenvalue weighted by molar-refractivity contribution is 5.76. The van der Waals surface area contributed by atoms with Gasteiger partial charge in [-0.15, -0.1) is 0 Å². The van der Waals surface area contributed by atoms with Crippen molar-refractivity contribution in [2.24, 2.45) is 0 Å². The largest absolute Gasteiger partial charge is 0.353 e. The Hall–Kier alpha value is -3.55. The zero-order chi connectivity index (χ0) is 18.5. The highest BCUT2D eigenvalue weighted by Gasteiger charge is 2.23. The normalized spacial score (nSPS) is 10.6. The first kappa shape index (κ1) is 17.3. The molecule has 0 saturated carbocycles. The zero-order valence-electron chi connectivity index (χ0n) is 14.4. The van der Waals surface area contributed by atoms with Crippen LogP contribution in [0.25, 0.3) is 0 Å². The van der Waals surface area contributed by atoms with E-state index in [1.54, 1.807) is 24.4 Å². The van der Waals surface area contributed by atoms with Gasteiger partial charge in [-0.2, -0.15) is 0 Å². The summed E-state index contributed by atoms with van der Waals surface area (Å²) >= 11 is 0. The standard InChI is InChI=1S/C18H18N6O2/c1-12(2)13-6-8-14(9-7-13)22-17-16(24(25)26)18(21-11-20-17)23-15-5-3-4-10-19-15/h3-12H,1-2H3,(H2,19,20,21,22,23). The summed E-state index contributed by atoms with van der Waals surface area (Å²) in [5.74, 6) is 1.05. The smallest absolute Gasteiger partial charge is 0.334 e. The molecule has 132 valence electrons. The fraction of sp³-hybridized carbons (Fsp3) is 0.167. The Kier molecular flexibility index (Phi) is 5.02. The van der Waals surface area contributed by atoms with Gasteiger partial charge in [0.05, 0.1) is 4.92 Å². The molecular formula is C18H18N6O2. The molecule has 0 aliphatic carbocycles. The third-order valence-electron chi connectivity index (χ3n) is 3.76. The number of rotatable bonds is 6. The summed E-state index contributed by atoms with van der Waals surface area (Å²) in [5, 5.41) is 17.4. The molecule has 8 heteroatoms. The van der Waals surface area contributed by atoms with Gasteiger partial charge in [0.15, 0.2) is 0 Å². The number of hydrogen-bond donors (Lipinski definition) is 2. The first-order chi connectivity index (χ1) is 12.5. The lowest BCUT2D eigenvalue weighted by atomic mass is 10.0. The summed E-state index contributed by atoms with van der Waals surface area (Å²) in [6, 6.07) is 12.9. The highest BCUT2D eigenvalue weighted by atomic mass is 16.6. The first-order valence-corrected chi connectivity index (χ1v) is 8.09. The van der Waals surface area contributed by atoms with Crippen LogP contribution < -0.4 is 10.6 Å². The van der Waals surface area contributed by atoms with E-state index in [1.807, 2.05) is 24.3 Å². The molecule has 0 radical (unpaired) electrons. The van der Waals surface area contributed by atoms with Crippen LogP contribution in [0.1, 0.15) is 25.3 Å². The summed E-state index contributed by atoms with van der Waals surface area (Å²) in [7, 11) is 0. The minimum atomic E-state index is -0.518. The number of nitro groups is 1. The molecule has 0 fully saturated rings. The Morgan fingerprint density at radius 2 is 1.65 bits per heavy atom. The second-order valence-electron chi connectivity index (χ2n) is 5.92. The second kappa shape index (κ2) is 7.56. The van der Waals surface area contributed by atoms with Gasteiger partial charge in [-0.1, -0.05) is 32.0 Å². The highest BCUT2D eigenvalue weighted by Crippen LogP contribution is 2.32. The van der Waals surface area contributed by atoms with Gasteiger partial charge in [-0.3, -0.25) is 10.1 Å². The van der Waals surface area contributed by atoms with Crippen LogP contribution in [0.5, 0.6) is 0 Å². The predicted octanol–water partition coefficient (Wildman–Crippen LogP) is 4.39. The molecule has 26 heavy (non-hydrogen) atoms. The van der Waals surface area contributed by atoms with Crippen molar-refractivity contribution < 1.29 is 4.92 Å². The van der Waals surface area contributed by atoms with E-state index >= 15 is 0 Å². The molecule has 0 atom stereocenters. The average Bonchev–Trinajstić information content (AvgIpc) is 2.63. The number of anilines is 4. The zero-order valence-corrected chi connectivity index (χ0v) is 14.4. The van der Waals surface area contributed by atoms with Gasteiger partial charge < -0.3 is 10.6 Å². The third-order valence-corrected chi connectivity index (χ3v) is 3.76. The van der Waals surface area contributed by atoms with Crippen molar-refractivity contribution >= 4 is 28.8 Å². The molecule has 0 aliphatic rings. The van der Waals surface area contributed by atoms with Gasteiger partial charge in [0.25, 0.3) is 0 Å². The van der Waals surface area contributed by atoms with Crippen LogP contribution in [0.2, 0.25) is 0 Å². The average molecular weight is 350 g/mol. The maximum absolute atomic E-state index is 11.6. The lowest BCUT2D eigenvalue weighted by molar-refractivity contribution is -0.383. The molecule has 0 aliphatic heterocycles. The van der Waals surface area contributed by atoms with Gasteiger partial charge >= 0.3 is 5.69 Å². The maximum Gasteiger partial charge on any atom is 0.353 e. The summed E-state index contributed by atoms with van der Waals surface area (Å²) in [4.78, 5) is 23.2. The topological polar surface area (TPSA) is 106 Å². The molecule has 0 unspecified atom stereocenters. The summed E-state index contributed by atoms with van der Waals surface area (Å²) in [5.41, 5.74) is 1.65. The van der Waals surface area contributed by atoms with Gasteiger partial charge in [-0.25, -0.2) is 15.0 Å². The number of nitrogens with zero attached hydrogens (tertiary/aromatic N) is 4. The van der Waals surface area contributed by atoms with Gasteiger partial charge in [0.1, 0.15) is 12.1 Å². The van der Waals surface area contributed by atoms with Crippen molar-refractivity contribution in [3.05, 3.63) is 70.7 Å². The maximum atomic E-state index is 11.6. The van der Waals surface area contributed by atoms with Crippen molar-refractivity contribution in [1.82, 2.24) is 15.0 Å². The third kappa shape index (κ3) is 3.92. The Balaban J connectivity index is 1.91. The van der Waals surface area contributed by atoms with Crippen molar-refractivity contribution in [1.29, 1.82) is 0 Å². The molecule has 2 N–H and O–H groups in total. The predicted molar refractivity (Wildman–Crippen MR) is 100 cm³/mol. The fourth-order valence-electron chi connectivity index (χ4n) is 2.38. The van der Waals surface area contributed by atoms with E-state index in [2.05, 4.69) is 39.4 Å². The van der Waals surface area contributed by atoms with Crippen LogP contribution in [-0.2, 0) is 0 Å². The van der Waals surface area contributed by atoms with Crippen LogP contribution in [0.3, 0.4) is 0 Å². The van der Waals surface area contributed by atoms with Crippen molar-refractivity contribution in [3.63, 3.8) is 0 Å². The quantitative estimate of drug-likeness (QED) is 0.501. The summed E-state index contributed by atoms with van der Waals surface area (Å²) < 4.78 is 0. The van der Waals surface area contributed by atoms with Crippen LogP contribution in [0.4, 0.5) is 28.8 Å². The molecule has 0 saturated heterocycles. The lowest BCUT2D eigenvalue weighted by Gasteiger charge is -2.11. The van der Waals surface area contributed by atoms with E-state index in [1.165, 1.54) is 11.9 Å². The molecule has 0 spiro atoms. The monoisotopic (exact) mass is 350 g/mol. The van der Waals surface area contributed by atoms with Crippen LogP contribution in [0.15, 0.2) is 55.0 Å². The SMILES string of the molecule is CC(C)c1ccc(Nc2ncnc(Nc3ccccn3)c2[N+](=O)[O-])cc1. The van der Waals surface area contributed by atoms with Gasteiger partial charge in [0, 0.05) is 11.9 Å². The van der Waals surface area contributed by atoms with Crippen LogP contribution >= 0.6 is 0 Å². The molecule has 3 aromatic rings. The van der Waals surface area contributed by atoms with E-state index < -0.39 is 4.92 Å². The van der Waals surface area contributed by atoms with Gasteiger partial charge in [0.2, 0.25) is 11.6 Å². The number of pyridine rings is 1. The number of benzene rings is 1. The molecule has 8 nitrogen and oxygen atoms in total. The van der Waals surface area contributed by atoms with Crippen molar-refractivity contribution in [3.8, 4) is 0 Å². The van der Waals surface area contributed by atoms with E-state index in [-0.39, 0.29) is 17.3 Å². The second-order valence-corrected chi connectivity index (χ2v) is 5.92. The Bertz CT molecular complexity index is 897. The van der Waals surface area contributed by atoms with Crippen LogP contribution in [0, 0.1) is 10.1 Å².